The molecule has 5 nitrogen and oxygen atoms in total. The first-order chi connectivity index (χ1) is 10.0. The van der Waals surface area contributed by atoms with Crippen molar-refractivity contribution in [3.63, 3.8) is 0 Å². The molecule has 0 saturated carbocycles. The van der Waals surface area contributed by atoms with Gasteiger partial charge in [-0.1, -0.05) is 15.9 Å². The number of hydrogen-bond acceptors (Lipinski definition) is 3. The molecule has 2 rings (SSSR count). The maximum absolute atomic E-state index is 13.4. The van der Waals surface area contributed by atoms with Crippen LogP contribution in [0, 0.1) is 5.82 Å². The van der Waals surface area contributed by atoms with Crippen molar-refractivity contribution >= 4 is 27.7 Å². The van der Waals surface area contributed by atoms with E-state index in [0.29, 0.717) is 30.7 Å². The summed E-state index contributed by atoms with van der Waals surface area (Å²) in [6.07, 6.45) is 0. The van der Waals surface area contributed by atoms with Gasteiger partial charge in [-0.25, -0.2) is 4.39 Å². The van der Waals surface area contributed by atoms with Gasteiger partial charge in [0, 0.05) is 36.2 Å². The van der Waals surface area contributed by atoms with Gasteiger partial charge in [-0.2, -0.15) is 0 Å². The number of amides is 2. The van der Waals surface area contributed by atoms with E-state index in [-0.39, 0.29) is 17.4 Å². The second-order valence-corrected chi connectivity index (χ2v) is 5.69. The zero-order valence-electron chi connectivity index (χ0n) is 11.7. The molecule has 1 aromatic carbocycles. The zero-order valence-corrected chi connectivity index (χ0v) is 13.2. The van der Waals surface area contributed by atoms with Gasteiger partial charge in [0.1, 0.15) is 11.9 Å². The Morgan fingerprint density at radius 1 is 1.48 bits per heavy atom. The van der Waals surface area contributed by atoms with Crippen LogP contribution in [0.15, 0.2) is 22.7 Å². The summed E-state index contributed by atoms with van der Waals surface area (Å²) in [6, 6.07) is 3.45. The first kappa shape index (κ1) is 15.9. The Hall–Kier alpha value is -1.47. The van der Waals surface area contributed by atoms with Crippen LogP contribution in [0.25, 0.3) is 0 Å². The van der Waals surface area contributed by atoms with Crippen molar-refractivity contribution in [2.24, 2.45) is 0 Å². The third-order valence-electron chi connectivity index (χ3n) is 3.27. The molecule has 1 unspecified atom stereocenters. The first-order valence-electron chi connectivity index (χ1n) is 6.78. The quantitative estimate of drug-likeness (QED) is 0.852. The third-order valence-corrected chi connectivity index (χ3v) is 3.73. The summed E-state index contributed by atoms with van der Waals surface area (Å²) >= 11 is 3.17. The molecule has 114 valence electrons. The van der Waals surface area contributed by atoms with Crippen molar-refractivity contribution < 1.29 is 14.0 Å². The van der Waals surface area contributed by atoms with Gasteiger partial charge in [0.05, 0.1) is 0 Å². The minimum absolute atomic E-state index is 0.200. The number of piperazine rings is 1. The molecule has 7 heteroatoms. The Morgan fingerprint density at radius 3 is 2.90 bits per heavy atom. The highest BCUT2D eigenvalue weighted by atomic mass is 79.9. The van der Waals surface area contributed by atoms with Gasteiger partial charge in [0.25, 0.3) is 5.91 Å². The summed E-state index contributed by atoms with van der Waals surface area (Å²) in [7, 11) is 0. The molecule has 2 amide bonds. The zero-order chi connectivity index (χ0) is 15.4. The van der Waals surface area contributed by atoms with Gasteiger partial charge in [0.15, 0.2) is 0 Å². The monoisotopic (exact) mass is 357 g/mol. The summed E-state index contributed by atoms with van der Waals surface area (Å²) in [6.45, 7) is 3.74. The lowest BCUT2D eigenvalue weighted by molar-refractivity contribution is -0.126. The van der Waals surface area contributed by atoms with Gasteiger partial charge in [-0.15, -0.1) is 0 Å². The number of nitrogens with zero attached hydrogens (tertiary/aromatic N) is 1. The van der Waals surface area contributed by atoms with E-state index in [0.717, 1.165) is 0 Å². The number of benzene rings is 1. The molecule has 1 heterocycles. The minimum Gasteiger partial charge on any atom is -0.355 e. The lowest BCUT2D eigenvalue weighted by atomic mass is 10.1. The van der Waals surface area contributed by atoms with Crippen molar-refractivity contribution in [3.05, 3.63) is 34.1 Å². The Balaban J connectivity index is 2.24. The fourth-order valence-corrected chi connectivity index (χ4v) is 2.78. The van der Waals surface area contributed by atoms with Gasteiger partial charge in [-0.05, 0) is 25.1 Å². The summed E-state index contributed by atoms with van der Waals surface area (Å²) in [5.74, 6) is -1.03. The van der Waals surface area contributed by atoms with E-state index in [1.807, 2.05) is 6.92 Å². The largest absolute Gasteiger partial charge is 0.355 e. The Labute approximate surface area is 131 Å². The average molecular weight is 358 g/mol. The number of halogens is 2. The van der Waals surface area contributed by atoms with Gasteiger partial charge in [-0.3, -0.25) is 9.59 Å². The van der Waals surface area contributed by atoms with Gasteiger partial charge >= 0.3 is 0 Å². The summed E-state index contributed by atoms with van der Waals surface area (Å²) in [4.78, 5) is 26.1. The SMILES string of the molecule is CCNC(=O)C1CNCCN1C(=O)c1cc(F)cc(Br)c1. The Kier molecular flexibility index (Phi) is 5.30. The van der Waals surface area contributed by atoms with Crippen LogP contribution >= 0.6 is 15.9 Å². The van der Waals surface area contributed by atoms with Gasteiger partial charge in [0.2, 0.25) is 5.91 Å². The lowest BCUT2D eigenvalue weighted by Crippen LogP contribution is -2.59. The smallest absolute Gasteiger partial charge is 0.254 e. The number of carbonyl (C=O) groups excluding carboxylic acids is 2. The summed E-state index contributed by atoms with van der Waals surface area (Å²) < 4.78 is 13.9. The van der Waals surface area contributed by atoms with Crippen molar-refractivity contribution in [2.75, 3.05) is 26.2 Å². The molecule has 0 aliphatic carbocycles. The molecule has 0 aromatic heterocycles. The second kappa shape index (κ2) is 7.00. The third kappa shape index (κ3) is 3.79. The summed E-state index contributed by atoms with van der Waals surface area (Å²) in [5.41, 5.74) is 0.234. The van der Waals surface area contributed by atoms with E-state index in [1.165, 1.54) is 17.0 Å². The maximum atomic E-state index is 13.4. The van der Waals surface area contributed by atoms with E-state index in [1.54, 1.807) is 6.07 Å². The van der Waals surface area contributed by atoms with E-state index >= 15 is 0 Å². The predicted molar refractivity (Wildman–Crippen MR) is 80.5 cm³/mol. The van der Waals surface area contributed by atoms with Crippen LogP contribution in [-0.4, -0.2) is 48.9 Å². The molecular weight excluding hydrogens is 341 g/mol. The molecule has 1 atom stereocenters. The van der Waals surface area contributed by atoms with Crippen LogP contribution in [0.1, 0.15) is 17.3 Å². The Morgan fingerprint density at radius 2 is 2.24 bits per heavy atom. The molecule has 1 saturated heterocycles. The molecule has 1 aliphatic heterocycles. The normalized spacial score (nSPS) is 18.4. The van der Waals surface area contributed by atoms with Crippen molar-refractivity contribution in [1.82, 2.24) is 15.5 Å². The molecule has 2 N–H and O–H groups in total. The summed E-state index contributed by atoms with van der Waals surface area (Å²) in [5, 5.41) is 5.81. The number of nitrogens with one attached hydrogen (secondary N) is 2. The highest BCUT2D eigenvalue weighted by Gasteiger charge is 2.32. The van der Waals surface area contributed by atoms with Crippen LogP contribution in [0.3, 0.4) is 0 Å². The van der Waals surface area contributed by atoms with Crippen LogP contribution in [-0.2, 0) is 4.79 Å². The standard InChI is InChI=1S/C14H17BrFN3O2/c1-2-18-13(20)12-8-17-3-4-19(12)14(21)9-5-10(15)7-11(16)6-9/h5-7,12,17H,2-4,8H2,1H3,(H,18,20). The highest BCUT2D eigenvalue weighted by molar-refractivity contribution is 9.10. The maximum Gasteiger partial charge on any atom is 0.254 e. The number of likely N-dealkylation sites (N-methyl/N-ethyl adjacent to an activating group) is 1. The van der Waals surface area contributed by atoms with E-state index in [2.05, 4.69) is 26.6 Å². The highest BCUT2D eigenvalue weighted by Crippen LogP contribution is 2.18. The number of carbonyl (C=O) groups is 2. The second-order valence-electron chi connectivity index (χ2n) is 4.77. The topological polar surface area (TPSA) is 61.4 Å². The van der Waals surface area contributed by atoms with E-state index in [9.17, 15) is 14.0 Å². The molecule has 0 radical (unpaired) electrons. The molecule has 1 fully saturated rings. The van der Waals surface area contributed by atoms with Crippen molar-refractivity contribution in [1.29, 1.82) is 0 Å². The lowest BCUT2D eigenvalue weighted by Gasteiger charge is -2.35. The fraction of sp³-hybridized carbons (Fsp3) is 0.429. The molecule has 0 spiro atoms. The average Bonchev–Trinajstić information content (AvgIpc) is 2.45. The molecule has 1 aliphatic rings. The predicted octanol–water partition coefficient (Wildman–Crippen LogP) is 1.14. The van der Waals surface area contributed by atoms with E-state index in [4.69, 9.17) is 0 Å². The molecule has 1 aromatic rings. The molecule has 0 bridgehead atoms. The van der Waals surface area contributed by atoms with Crippen LogP contribution in [0.4, 0.5) is 4.39 Å². The molecule has 21 heavy (non-hydrogen) atoms. The first-order valence-corrected chi connectivity index (χ1v) is 7.57. The Bertz CT molecular complexity index is 533. The minimum atomic E-state index is -0.576. The van der Waals surface area contributed by atoms with Crippen molar-refractivity contribution in [3.8, 4) is 0 Å². The van der Waals surface area contributed by atoms with Crippen LogP contribution in [0.5, 0.6) is 0 Å². The van der Waals surface area contributed by atoms with Crippen LogP contribution in [0.2, 0.25) is 0 Å². The number of hydrogen-bond donors (Lipinski definition) is 2. The van der Waals surface area contributed by atoms with Crippen LogP contribution < -0.4 is 10.6 Å². The number of rotatable bonds is 3. The van der Waals surface area contributed by atoms with E-state index < -0.39 is 11.9 Å². The van der Waals surface area contributed by atoms with Gasteiger partial charge < -0.3 is 15.5 Å². The molecular formula is C14H17BrFN3O2. The fourth-order valence-electron chi connectivity index (χ4n) is 2.32. The van der Waals surface area contributed by atoms with Crippen molar-refractivity contribution in [2.45, 2.75) is 13.0 Å².